The van der Waals surface area contributed by atoms with Gasteiger partial charge in [0.1, 0.15) is 24.2 Å². The number of benzene rings is 4. The third-order valence-electron chi connectivity index (χ3n) is 7.45. The van der Waals surface area contributed by atoms with Crippen molar-refractivity contribution in [3.8, 4) is 5.75 Å². The Labute approximate surface area is 270 Å². The number of hydrogen-bond donors (Lipinski definition) is 1. The first-order valence-electron chi connectivity index (χ1n) is 15.1. The van der Waals surface area contributed by atoms with Crippen molar-refractivity contribution in [2.75, 3.05) is 24.5 Å². The lowest BCUT2D eigenvalue weighted by molar-refractivity contribution is -0.140. The van der Waals surface area contributed by atoms with E-state index in [0.29, 0.717) is 17.9 Å². The van der Waals surface area contributed by atoms with Crippen molar-refractivity contribution in [1.29, 1.82) is 0 Å². The highest BCUT2D eigenvalue weighted by atomic mass is 32.2. The average molecular weight is 646 g/mol. The van der Waals surface area contributed by atoms with Gasteiger partial charge >= 0.3 is 0 Å². The maximum atomic E-state index is 14.5. The monoisotopic (exact) mass is 645 g/mol. The molecule has 242 valence electrons. The molecular weight excluding hydrogens is 605 g/mol. The molecule has 0 aliphatic rings. The molecule has 0 spiro atoms. The van der Waals surface area contributed by atoms with Crippen LogP contribution in [0, 0.1) is 18.7 Å². The number of nitrogens with one attached hydrogen (secondary N) is 1. The minimum atomic E-state index is -4.25. The van der Waals surface area contributed by atoms with E-state index in [4.69, 9.17) is 4.74 Å². The highest BCUT2D eigenvalue weighted by molar-refractivity contribution is 7.92. The third kappa shape index (κ3) is 8.94. The summed E-state index contributed by atoms with van der Waals surface area (Å²) in [5, 5.41) is 2.95. The highest BCUT2D eigenvalue weighted by Gasteiger charge is 2.34. The topological polar surface area (TPSA) is 96.0 Å². The summed E-state index contributed by atoms with van der Waals surface area (Å²) in [5.41, 5.74) is 2.50. The molecule has 0 saturated carbocycles. The summed E-state index contributed by atoms with van der Waals surface area (Å²) in [6.07, 6.45) is 0.182. The molecule has 4 rings (SSSR count). The number of halogens is 1. The number of ether oxygens (including phenoxy) is 1. The van der Waals surface area contributed by atoms with Gasteiger partial charge in [0.15, 0.2) is 0 Å². The van der Waals surface area contributed by atoms with Crippen LogP contribution in [-0.2, 0) is 32.6 Å². The van der Waals surface area contributed by atoms with E-state index in [1.54, 1.807) is 48.5 Å². The van der Waals surface area contributed by atoms with Crippen molar-refractivity contribution in [3.63, 3.8) is 0 Å². The van der Waals surface area contributed by atoms with Gasteiger partial charge in [-0.05, 0) is 60.4 Å². The number of amides is 2. The number of rotatable bonds is 14. The Morgan fingerprint density at radius 3 is 2.17 bits per heavy atom. The Morgan fingerprint density at radius 2 is 1.54 bits per heavy atom. The van der Waals surface area contributed by atoms with E-state index in [1.165, 1.54) is 36.3 Å². The van der Waals surface area contributed by atoms with Gasteiger partial charge in [-0.15, -0.1) is 0 Å². The number of carbonyl (C=O) groups is 2. The van der Waals surface area contributed by atoms with Crippen molar-refractivity contribution < 1.29 is 27.1 Å². The molecule has 0 bridgehead atoms. The second kappa shape index (κ2) is 15.5. The predicted molar refractivity (Wildman–Crippen MR) is 177 cm³/mol. The van der Waals surface area contributed by atoms with Crippen LogP contribution in [-0.4, -0.2) is 51.4 Å². The van der Waals surface area contributed by atoms with Gasteiger partial charge in [0.25, 0.3) is 10.0 Å². The zero-order valence-corrected chi connectivity index (χ0v) is 27.3. The number of carbonyl (C=O) groups excluding carboxylic acids is 2. The summed E-state index contributed by atoms with van der Waals surface area (Å²) in [7, 11) is -2.78. The van der Waals surface area contributed by atoms with Crippen LogP contribution in [0.25, 0.3) is 0 Å². The maximum Gasteiger partial charge on any atom is 0.264 e. The van der Waals surface area contributed by atoms with E-state index in [-0.39, 0.29) is 35.4 Å². The first-order valence-corrected chi connectivity index (χ1v) is 16.5. The Kier molecular flexibility index (Phi) is 11.5. The van der Waals surface area contributed by atoms with E-state index < -0.39 is 34.3 Å². The lowest BCUT2D eigenvalue weighted by Crippen LogP contribution is -2.53. The minimum Gasteiger partial charge on any atom is -0.497 e. The van der Waals surface area contributed by atoms with Crippen molar-refractivity contribution in [2.24, 2.45) is 5.92 Å². The van der Waals surface area contributed by atoms with Crippen LogP contribution in [0.2, 0.25) is 0 Å². The van der Waals surface area contributed by atoms with Crippen molar-refractivity contribution in [2.45, 2.75) is 44.7 Å². The first-order chi connectivity index (χ1) is 22.0. The van der Waals surface area contributed by atoms with Gasteiger partial charge in [-0.2, -0.15) is 0 Å². The Morgan fingerprint density at radius 1 is 0.870 bits per heavy atom. The second-order valence-electron chi connectivity index (χ2n) is 11.5. The van der Waals surface area contributed by atoms with Gasteiger partial charge in [-0.1, -0.05) is 80.1 Å². The fraction of sp³-hybridized carbons (Fsp3) is 0.278. The van der Waals surface area contributed by atoms with Gasteiger partial charge < -0.3 is 15.0 Å². The fourth-order valence-corrected chi connectivity index (χ4v) is 6.30. The number of aryl methyl sites for hydroxylation is 1. The van der Waals surface area contributed by atoms with Crippen LogP contribution in [0.3, 0.4) is 0 Å². The van der Waals surface area contributed by atoms with Crippen LogP contribution in [0.4, 0.5) is 10.1 Å². The summed E-state index contributed by atoms with van der Waals surface area (Å²) in [6.45, 7) is 5.52. The predicted octanol–water partition coefficient (Wildman–Crippen LogP) is 5.75. The molecule has 1 atom stereocenters. The van der Waals surface area contributed by atoms with Crippen molar-refractivity contribution >= 4 is 27.5 Å². The highest BCUT2D eigenvalue weighted by Crippen LogP contribution is 2.28. The molecule has 0 saturated heterocycles. The standard InChI is InChI=1S/C36H40FN3O5S/c1-26(2)23-38-36(42)34(21-28-9-6-5-7-10-28)39(24-29-15-17-30(37)18-16-29)35(41)25-40(31-11-8-12-32(22-31)45-4)46(43,44)33-19-13-27(3)14-20-33/h5-20,22,26,34H,21,23-25H2,1-4H3,(H,38,42). The molecule has 8 nitrogen and oxygen atoms in total. The molecule has 10 heteroatoms. The Balaban J connectivity index is 1.81. The normalized spacial score (nSPS) is 12.0. The molecule has 0 aromatic heterocycles. The number of nitrogens with zero attached hydrogens (tertiary/aromatic N) is 2. The van der Waals surface area contributed by atoms with Crippen LogP contribution in [0.1, 0.15) is 30.5 Å². The number of sulfonamides is 1. The summed E-state index contributed by atoms with van der Waals surface area (Å²) in [4.78, 5) is 29.7. The van der Waals surface area contributed by atoms with E-state index >= 15 is 0 Å². The maximum absolute atomic E-state index is 14.5. The van der Waals surface area contributed by atoms with Crippen LogP contribution in [0.5, 0.6) is 5.75 Å². The molecule has 0 radical (unpaired) electrons. The molecule has 1 N–H and O–H groups in total. The van der Waals surface area contributed by atoms with Crippen molar-refractivity contribution in [3.05, 3.63) is 126 Å². The first kappa shape index (κ1) is 34.2. The SMILES string of the molecule is COc1cccc(N(CC(=O)N(Cc2ccc(F)cc2)C(Cc2ccccc2)C(=O)NCC(C)C)S(=O)(=O)c2ccc(C)cc2)c1. The zero-order valence-electron chi connectivity index (χ0n) is 26.5. The molecule has 0 fully saturated rings. The number of anilines is 1. The van der Waals surface area contributed by atoms with Gasteiger partial charge in [-0.25, -0.2) is 12.8 Å². The van der Waals surface area contributed by atoms with Gasteiger partial charge in [-0.3, -0.25) is 13.9 Å². The quantitative estimate of drug-likeness (QED) is 0.189. The Bertz CT molecular complexity index is 1710. The zero-order chi connectivity index (χ0) is 33.3. The molecule has 0 aliphatic carbocycles. The molecule has 0 aliphatic heterocycles. The van der Waals surface area contributed by atoms with Crippen molar-refractivity contribution in [1.82, 2.24) is 10.2 Å². The summed E-state index contributed by atoms with van der Waals surface area (Å²) in [6, 6.07) is 26.8. The lowest BCUT2D eigenvalue weighted by atomic mass is 10.0. The van der Waals surface area contributed by atoms with Crippen LogP contribution >= 0.6 is 0 Å². The van der Waals surface area contributed by atoms with E-state index in [1.807, 2.05) is 51.1 Å². The number of methoxy groups -OCH3 is 1. The van der Waals surface area contributed by atoms with E-state index in [0.717, 1.165) is 15.4 Å². The molecule has 46 heavy (non-hydrogen) atoms. The fourth-order valence-electron chi connectivity index (χ4n) is 4.89. The van der Waals surface area contributed by atoms with Crippen LogP contribution in [0.15, 0.2) is 108 Å². The molecule has 4 aromatic carbocycles. The second-order valence-corrected chi connectivity index (χ2v) is 13.4. The average Bonchev–Trinajstić information content (AvgIpc) is 3.05. The smallest absolute Gasteiger partial charge is 0.264 e. The largest absolute Gasteiger partial charge is 0.497 e. The number of hydrogen-bond acceptors (Lipinski definition) is 5. The van der Waals surface area contributed by atoms with Gasteiger partial charge in [0.2, 0.25) is 11.8 Å². The van der Waals surface area contributed by atoms with Crippen LogP contribution < -0.4 is 14.4 Å². The summed E-state index contributed by atoms with van der Waals surface area (Å²) >= 11 is 0. The van der Waals surface area contributed by atoms with E-state index in [2.05, 4.69) is 5.32 Å². The molecule has 2 amide bonds. The molecule has 1 unspecified atom stereocenters. The minimum absolute atomic E-state index is 0.00863. The van der Waals surface area contributed by atoms with Gasteiger partial charge in [0.05, 0.1) is 17.7 Å². The molecule has 0 heterocycles. The Hall–Kier alpha value is -4.70. The molecular formula is C36H40FN3O5S. The summed E-state index contributed by atoms with van der Waals surface area (Å²) in [5.74, 6) is -0.852. The summed E-state index contributed by atoms with van der Waals surface area (Å²) < 4.78 is 48.6. The van der Waals surface area contributed by atoms with E-state index in [9.17, 15) is 22.4 Å². The third-order valence-corrected chi connectivity index (χ3v) is 9.24. The van der Waals surface area contributed by atoms with Gasteiger partial charge in [0, 0.05) is 25.6 Å². The molecule has 4 aromatic rings. The lowest BCUT2D eigenvalue weighted by Gasteiger charge is -2.34.